The van der Waals surface area contributed by atoms with Crippen LogP contribution in [0.25, 0.3) is 0 Å². The number of nitrogens with zero attached hydrogens (tertiary/aromatic N) is 1. The topological polar surface area (TPSA) is 32.3 Å². The first-order chi connectivity index (χ1) is 11.6. The lowest BCUT2D eigenvalue weighted by Crippen LogP contribution is -2.22. The first-order valence-electron chi connectivity index (χ1n) is 8.20. The summed E-state index contributed by atoms with van der Waals surface area (Å²) in [5.41, 5.74) is 2.07. The number of nitrogens with one attached hydrogen (secondary N) is 1. The highest BCUT2D eigenvalue weighted by molar-refractivity contribution is 8.00. The number of anilines is 2. The van der Waals surface area contributed by atoms with E-state index < -0.39 is 0 Å². The molecule has 24 heavy (non-hydrogen) atoms. The molecule has 3 rings (SSSR count). The fraction of sp³-hybridized carbons (Fsp3) is 0.316. The van der Waals surface area contributed by atoms with Gasteiger partial charge in [0.2, 0.25) is 5.91 Å². The summed E-state index contributed by atoms with van der Waals surface area (Å²) in [5, 5.41) is 3.51. The SMILES string of the molecule is CC(Sc1ccc(Cl)cc1)C(=O)Nc1ccc(N2CCCC2)cc1. The van der Waals surface area contributed by atoms with Crippen LogP contribution in [0.4, 0.5) is 11.4 Å². The van der Waals surface area contributed by atoms with E-state index >= 15 is 0 Å². The zero-order valence-corrected chi connectivity index (χ0v) is 15.2. The van der Waals surface area contributed by atoms with Gasteiger partial charge in [-0.1, -0.05) is 11.6 Å². The van der Waals surface area contributed by atoms with Gasteiger partial charge in [-0.3, -0.25) is 4.79 Å². The fourth-order valence-corrected chi connectivity index (χ4v) is 3.74. The molecule has 1 aliphatic heterocycles. The number of thioether (sulfide) groups is 1. The molecule has 1 unspecified atom stereocenters. The van der Waals surface area contributed by atoms with Crippen LogP contribution < -0.4 is 10.2 Å². The summed E-state index contributed by atoms with van der Waals surface area (Å²) in [4.78, 5) is 15.8. The molecule has 2 aromatic rings. The molecule has 0 aliphatic carbocycles. The standard InChI is InChI=1S/C19H21ClN2OS/c1-14(24-18-10-4-15(20)5-11-18)19(23)21-16-6-8-17(9-7-16)22-12-2-3-13-22/h4-11,14H,2-3,12-13H2,1H3,(H,21,23). The number of carbonyl (C=O) groups is 1. The van der Waals surface area contributed by atoms with Gasteiger partial charge in [-0.25, -0.2) is 0 Å². The van der Waals surface area contributed by atoms with Gasteiger partial charge >= 0.3 is 0 Å². The molecule has 0 saturated carbocycles. The highest BCUT2D eigenvalue weighted by Gasteiger charge is 2.15. The van der Waals surface area contributed by atoms with E-state index in [4.69, 9.17) is 11.6 Å². The molecule has 1 heterocycles. The van der Waals surface area contributed by atoms with Gasteiger partial charge in [-0.05, 0) is 68.3 Å². The van der Waals surface area contributed by atoms with Crippen molar-refractivity contribution in [2.75, 3.05) is 23.3 Å². The van der Waals surface area contributed by atoms with Gasteiger partial charge in [0.15, 0.2) is 0 Å². The van der Waals surface area contributed by atoms with Gasteiger partial charge < -0.3 is 10.2 Å². The molecule has 1 fully saturated rings. The summed E-state index contributed by atoms with van der Waals surface area (Å²) in [5.74, 6) is 0.00359. The number of hydrogen-bond donors (Lipinski definition) is 1. The minimum atomic E-state index is -0.176. The van der Waals surface area contributed by atoms with E-state index in [1.54, 1.807) is 0 Å². The van der Waals surface area contributed by atoms with Crippen LogP contribution in [-0.4, -0.2) is 24.2 Å². The Morgan fingerprint density at radius 2 is 1.71 bits per heavy atom. The third kappa shape index (κ3) is 4.46. The van der Waals surface area contributed by atoms with Crippen LogP contribution in [0.2, 0.25) is 5.02 Å². The van der Waals surface area contributed by atoms with Gasteiger partial charge in [0.25, 0.3) is 0 Å². The van der Waals surface area contributed by atoms with Gasteiger partial charge in [-0.2, -0.15) is 0 Å². The minimum absolute atomic E-state index is 0.00359. The lowest BCUT2D eigenvalue weighted by molar-refractivity contribution is -0.115. The second-order valence-corrected chi connectivity index (χ2v) is 7.79. The Morgan fingerprint density at radius 1 is 1.08 bits per heavy atom. The summed E-state index contributed by atoms with van der Waals surface area (Å²) in [6.45, 7) is 4.16. The van der Waals surface area contributed by atoms with E-state index in [-0.39, 0.29) is 11.2 Å². The number of halogens is 1. The van der Waals surface area contributed by atoms with Gasteiger partial charge in [0, 0.05) is 34.4 Å². The Labute approximate surface area is 152 Å². The maximum absolute atomic E-state index is 12.4. The molecule has 1 amide bonds. The summed E-state index contributed by atoms with van der Waals surface area (Å²) in [7, 11) is 0. The molecule has 0 radical (unpaired) electrons. The Bertz CT molecular complexity index is 682. The van der Waals surface area contributed by atoms with E-state index in [0.29, 0.717) is 5.02 Å². The van der Waals surface area contributed by atoms with Crippen LogP contribution in [0.3, 0.4) is 0 Å². The van der Waals surface area contributed by atoms with Crippen molar-refractivity contribution in [3.63, 3.8) is 0 Å². The normalized spacial score (nSPS) is 15.3. The first-order valence-corrected chi connectivity index (χ1v) is 9.46. The van der Waals surface area contributed by atoms with Crippen molar-refractivity contribution >= 4 is 40.6 Å². The summed E-state index contributed by atoms with van der Waals surface area (Å²) in [6, 6.07) is 15.7. The van der Waals surface area contributed by atoms with Crippen LogP contribution in [0.5, 0.6) is 0 Å². The van der Waals surface area contributed by atoms with Crippen molar-refractivity contribution in [2.45, 2.75) is 29.9 Å². The van der Waals surface area contributed by atoms with E-state index in [9.17, 15) is 4.79 Å². The zero-order chi connectivity index (χ0) is 16.9. The van der Waals surface area contributed by atoms with Crippen molar-refractivity contribution in [2.24, 2.45) is 0 Å². The number of carbonyl (C=O) groups excluding carboxylic acids is 1. The van der Waals surface area contributed by atoms with Gasteiger partial charge in [0.05, 0.1) is 5.25 Å². The molecule has 1 N–H and O–H groups in total. The fourth-order valence-electron chi connectivity index (χ4n) is 2.75. The smallest absolute Gasteiger partial charge is 0.237 e. The summed E-state index contributed by atoms with van der Waals surface area (Å²) < 4.78 is 0. The molecule has 5 heteroatoms. The molecule has 1 aliphatic rings. The summed E-state index contributed by atoms with van der Waals surface area (Å²) >= 11 is 7.41. The quantitative estimate of drug-likeness (QED) is 0.756. The average Bonchev–Trinajstić information content (AvgIpc) is 3.12. The van der Waals surface area contributed by atoms with Gasteiger partial charge in [0.1, 0.15) is 0 Å². The highest BCUT2D eigenvalue weighted by Crippen LogP contribution is 2.26. The second-order valence-electron chi connectivity index (χ2n) is 5.94. The Kier molecular flexibility index (Phi) is 5.69. The van der Waals surface area contributed by atoms with Crippen molar-refractivity contribution in [1.82, 2.24) is 0 Å². The van der Waals surface area contributed by atoms with Crippen molar-refractivity contribution in [3.05, 3.63) is 53.6 Å². The van der Waals surface area contributed by atoms with Crippen LogP contribution in [0.15, 0.2) is 53.4 Å². The van der Waals surface area contributed by atoms with Crippen LogP contribution in [0, 0.1) is 0 Å². The van der Waals surface area contributed by atoms with Crippen LogP contribution >= 0.6 is 23.4 Å². The lowest BCUT2D eigenvalue weighted by Gasteiger charge is -2.18. The van der Waals surface area contributed by atoms with Crippen molar-refractivity contribution in [1.29, 1.82) is 0 Å². The molecular weight excluding hydrogens is 340 g/mol. The lowest BCUT2D eigenvalue weighted by atomic mass is 10.2. The average molecular weight is 361 g/mol. The second kappa shape index (κ2) is 7.95. The molecule has 3 nitrogen and oxygen atoms in total. The van der Waals surface area contributed by atoms with E-state index in [2.05, 4.69) is 22.3 Å². The van der Waals surface area contributed by atoms with E-state index in [0.717, 1.165) is 23.7 Å². The Hall–Kier alpha value is -1.65. The number of benzene rings is 2. The highest BCUT2D eigenvalue weighted by atomic mass is 35.5. The van der Waals surface area contributed by atoms with Crippen LogP contribution in [-0.2, 0) is 4.79 Å². The predicted octanol–water partition coefficient (Wildman–Crippen LogP) is 5.06. The van der Waals surface area contributed by atoms with Gasteiger partial charge in [-0.15, -0.1) is 11.8 Å². The third-order valence-corrected chi connectivity index (χ3v) is 5.47. The number of amides is 1. The minimum Gasteiger partial charge on any atom is -0.372 e. The molecular formula is C19H21ClN2OS. The Morgan fingerprint density at radius 3 is 2.33 bits per heavy atom. The number of hydrogen-bond acceptors (Lipinski definition) is 3. The van der Waals surface area contributed by atoms with Crippen LogP contribution in [0.1, 0.15) is 19.8 Å². The van der Waals surface area contributed by atoms with Crippen molar-refractivity contribution < 1.29 is 4.79 Å². The maximum atomic E-state index is 12.4. The molecule has 2 aromatic carbocycles. The largest absolute Gasteiger partial charge is 0.372 e. The molecule has 0 spiro atoms. The third-order valence-electron chi connectivity index (χ3n) is 4.10. The zero-order valence-electron chi connectivity index (χ0n) is 13.7. The molecule has 0 aromatic heterocycles. The molecule has 0 bridgehead atoms. The van der Waals surface area contributed by atoms with E-state index in [1.807, 2.05) is 43.3 Å². The monoisotopic (exact) mass is 360 g/mol. The van der Waals surface area contributed by atoms with E-state index in [1.165, 1.54) is 30.3 Å². The summed E-state index contributed by atoms with van der Waals surface area (Å²) in [6.07, 6.45) is 2.52. The molecule has 1 saturated heterocycles. The predicted molar refractivity (Wildman–Crippen MR) is 103 cm³/mol. The number of rotatable bonds is 5. The first kappa shape index (κ1) is 17.2. The molecule has 1 atom stereocenters. The van der Waals surface area contributed by atoms with Crippen molar-refractivity contribution in [3.8, 4) is 0 Å². The molecule has 126 valence electrons. The Balaban J connectivity index is 1.56. The maximum Gasteiger partial charge on any atom is 0.237 e.